The third-order valence-electron chi connectivity index (χ3n) is 3.65. The number of likely N-dealkylation sites (tertiary alicyclic amines) is 1. The molecule has 2 N–H and O–H groups in total. The van der Waals surface area contributed by atoms with Gasteiger partial charge in [-0.2, -0.15) is 0 Å². The predicted octanol–water partition coefficient (Wildman–Crippen LogP) is 1.61. The first-order chi connectivity index (χ1) is 10.0. The van der Waals surface area contributed by atoms with Crippen molar-refractivity contribution in [2.45, 2.75) is 18.9 Å². The van der Waals surface area contributed by atoms with E-state index in [9.17, 15) is 9.59 Å². The molecule has 1 aromatic rings. The van der Waals surface area contributed by atoms with Crippen molar-refractivity contribution in [3.8, 4) is 0 Å². The van der Waals surface area contributed by atoms with Crippen molar-refractivity contribution >= 4 is 18.0 Å². The Morgan fingerprint density at radius 2 is 1.86 bits per heavy atom. The van der Waals surface area contributed by atoms with Crippen molar-refractivity contribution in [1.29, 1.82) is 0 Å². The summed E-state index contributed by atoms with van der Waals surface area (Å²) >= 11 is 0. The number of hydrogen-bond donors (Lipinski definition) is 2. The fourth-order valence-electron chi connectivity index (χ4n) is 2.31. The third kappa shape index (κ3) is 4.72. The third-order valence-corrected chi connectivity index (χ3v) is 3.65. The molecule has 0 unspecified atom stereocenters. The number of aromatic carboxylic acids is 1. The maximum atomic E-state index is 11.8. The highest BCUT2D eigenvalue weighted by atomic mass is 16.4. The summed E-state index contributed by atoms with van der Waals surface area (Å²) in [6, 6.07) is 6.66. The molecule has 1 amide bonds. The van der Waals surface area contributed by atoms with Crippen LogP contribution in [0.1, 0.15) is 28.8 Å². The zero-order valence-electron chi connectivity index (χ0n) is 12.1. The van der Waals surface area contributed by atoms with E-state index in [4.69, 9.17) is 5.11 Å². The van der Waals surface area contributed by atoms with Crippen LogP contribution < -0.4 is 5.32 Å². The summed E-state index contributed by atoms with van der Waals surface area (Å²) in [6.07, 6.45) is 5.14. The van der Waals surface area contributed by atoms with Crippen LogP contribution in [-0.4, -0.2) is 48.1 Å². The first-order valence-corrected chi connectivity index (χ1v) is 7.05. The largest absolute Gasteiger partial charge is 0.478 e. The van der Waals surface area contributed by atoms with E-state index in [-0.39, 0.29) is 17.5 Å². The molecule has 1 fully saturated rings. The maximum Gasteiger partial charge on any atom is 0.335 e. The van der Waals surface area contributed by atoms with Crippen LogP contribution in [0.2, 0.25) is 0 Å². The summed E-state index contributed by atoms with van der Waals surface area (Å²) in [7, 11) is 2.08. The molecule has 2 rings (SSSR count). The zero-order valence-corrected chi connectivity index (χ0v) is 12.1. The Bertz CT molecular complexity index is 529. The van der Waals surface area contributed by atoms with E-state index in [1.165, 1.54) is 18.2 Å². The first-order valence-electron chi connectivity index (χ1n) is 7.05. The number of amides is 1. The highest BCUT2D eigenvalue weighted by molar-refractivity contribution is 5.92. The molecular weight excluding hydrogens is 268 g/mol. The van der Waals surface area contributed by atoms with Crippen LogP contribution in [0, 0.1) is 0 Å². The Balaban J connectivity index is 1.85. The summed E-state index contributed by atoms with van der Waals surface area (Å²) in [4.78, 5) is 24.8. The van der Waals surface area contributed by atoms with Crippen molar-refractivity contribution in [2.24, 2.45) is 0 Å². The molecule has 112 valence electrons. The molecule has 0 aliphatic carbocycles. The minimum atomic E-state index is -0.953. The number of carbonyl (C=O) groups excluding carboxylic acids is 1. The minimum absolute atomic E-state index is 0.105. The van der Waals surface area contributed by atoms with E-state index in [0.29, 0.717) is 0 Å². The highest BCUT2D eigenvalue weighted by Gasteiger charge is 2.17. The van der Waals surface area contributed by atoms with E-state index < -0.39 is 5.97 Å². The van der Waals surface area contributed by atoms with Gasteiger partial charge in [-0.3, -0.25) is 4.79 Å². The van der Waals surface area contributed by atoms with Crippen molar-refractivity contribution in [3.63, 3.8) is 0 Å². The second-order valence-corrected chi connectivity index (χ2v) is 5.35. The van der Waals surface area contributed by atoms with Gasteiger partial charge in [-0.05, 0) is 56.8 Å². The highest BCUT2D eigenvalue weighted by Crippen LogP contribution is 2.09. The zero-order chi connectivity index (χ0) is 15.2. The predicted molar refractivity (Wildman–Crippen MR) is 81.1 cm³/mol. The molecule has 1 heterocycles. The lowest BCUT2D eigenvalue weighted by atomic mass is 10.1. The van der Waals surface area contributed by atoms with Gasteiger partial charge in [0.15, 0.2) is 0 Å². The molecule has 1 aromatic carbocycles. The molecular formula is C16H20N2O3. The van der Waals surface area contributed by atoms with Gasteiger partial charge in [0.25, 0.3) is 0 Å². The van der Waals surface area contributed by atoms with Crippen LogP contribution >= 0.6 is 0 Å². The van der Waals surface area contributed by atoms with Gasteiger partial charge in [0.05, 0.1) is 5.56 Å². The summed E-state index contributed by atoms with van der Waals surface area (Å²) in [5.41, 5.74) is 1.04. The Labute approximate surface area is 124 Å². The Morgan fingerprint density at radius 1 is 1.24 bits per heavy atom. The summed E-state index contributed by atoms with van der Waals surface area (Å²) in [5, 5.41) is 11.8. The fraction of sp³-hybridized carbons (Fsp3) is 0.375. The molecule has 0 bridgehead atoms. The summed E-state index contributed by atoms with van der Waals surface area (Å²) in [6.45, 7) is 2.01. The van der Waals surface area contributed by atoms with E-state index in [1.54, 1.807) is 18.2 Å². The molecule has 0 radical (unpaired) electrons. The summed E-state index contributed by atoms with van der Waals surface area (Å²) < 4.78 is 0. The molecule has 5 nitrogen and oxygen atoms in total. The summed E-state index contributed by atoms with van der Waals surface area (Å²) in [5.74, 6) is -1.06. The monoisotopic (exact) mass is 288 g/mol. The number of hydrogen-bond acceptors (Lipinski definition) is 3. The standard InChI is InChI=1S/C16H20N2O3/c1-18-10-8-14(9-11-18)17-15(19)7-4-12-2-5-13(6-3-12)16(20)21/h2-7,14H,8-11H2,1H3,(H,17,19)(H,20,21). The van der Waals surface area contributed by atoms with Gasteiger partial charge in [-0.1, -0.05) is 12.1 Å². The number of carbonyl (C=O) groups is 2. The quantitative estimate of drug-likeness (QED) is 0.826. The topological polar surface area (TPSA) is 69.6 Å². The number of carboxylic acids is 1. The van der Waals surface area contributed by atoms with Gasteiger partial charge in [0.2, 0.25) is 5.91 Å². The SMILES string of the molecule is CN1CCC(NC(=O)C=Cc2ccc(C(=O)O)cc2)CC1. The van der Waals surface area contributed by atoms with Crippen molar-refractivity contribution in [2.75, 3.05) is 20.1 Å². The van der Waals surface area contributed by atoms with Crippen molar-refractivity contribution in [1.82, 2.24) is 10.2 Å². The molecule has 0 aromatic heterocycles. The number of nitrogens with one attached hydrogen (secondary N) is 1. The van der Waals surface area contributed by atoms with Crippen molar-refractivity contribution in [3.05, 3.63) is 41.5 Å². The number of benzene rings is 1. The van der Waals surface area contributed by atoms with Crippen LogP contribution in [0.4, 0.5) is 0 Å². The molecule has 0 atom stereocenters. The molecule has 1 saturated heterocycles. The van der Waals surface area contributed by atoms with Gasteiger partial charge in [-0.25, -0.2) is 4.79 Å². The second kappa shape index (κ2) is 7.04. The van der Waals surface area contributed by atoms with Crippen LogP contribution in [0.3, 0.4) is 0 Å². The van der Waals surface area contributed by atoms with Crippen LogP contribution in [0.15, 0.2) is 30.3 Å². The fourth-order valence-corrected chi connectivity index (χ4v) is 2.31. The second-order valence-electron chi connectivity index (χ2n) is 5.35. The smallest absolute Gasteiger partial charge is 0.335 e. The van der Waals surface area contributed by atoms with Gasteiger partial charge in [0.1, 0.15) is 0 Å². The lowest BCUT2D eigenvalue weighted by Crippen LogP contribution is -2.42. The average Bonchev–Trinajstić information content (AvgIpc) is 2.48. The molecule has 0 saturated carbocycles. The lowest BCUT2D eigenvalue weighted by molar-refractivity contribution is -0.117. The number of piperidine rings is 1. The maximum absolute atomic E-state index is 11.8. The lowest BCUT2D eigenvalue weighted by Gasteiger charge is -2.29. The molecule has 1 aliphatic rings. The first kappa shape index (κ1) is 15.3. The van der Waals surface area contributed by atoms with Crippen LogP contribution in [0.25, 0.3) is 6.08 Å². The van der Waals surface area contributed by atoms with Gasteiger partial charge >= 0.3 is 5.97 Å². The Morgan fingerprint density at radius 3 is 2.43 bits per heavy atom. The molecule has 5 heteroatoms. The number of carboxylic acid groups (broad SMARTS) is 1. The average molecular weight is 288 g/mol. The van der Waals surface area contributed by atoms with E-state index in [1.807, 2.05) is 0 Å². The van der Waals surface area contributed by atoms with Gasteiger partial charge in [0, 0.05) is 12.1 Å². The van der Waals surface area contributed by atoms with Crippen molar-refractivity contribution < 1.29 is 14.7 Å². The number of rotatable bonds is 4. The van der Waals surface area contributed by atoms with Crippen LogP contribution in [0.5, 0.6) is 0 Å². The molecule has 0 spiro atoms. The Hall–Kier alpha value is -2.14. The van der Waals surface area contributed by atoms with Gasteiger partial charge in [-0.15, -0.1) is 0 Å². The van der Waals surface area contributed by atoms with Gasteiger partial charge < -0.3 is 15.3 Å². The van der Waals surface area contributed by atoms with E-state index >= 15 is 0 Å². The van der Waals surface area contributed by atoms with E-state index in [2.05, 4.69) is 17.3 Å². The number of nitrogens with zero attached hydrogens (tertiary/aromatic N) is 1. The molecule has 1 aliphatic heterocycles. The minimum Gasteiger partial charge on any atom is -0.478 e. The van der Waals surface area contributed by atoms with E-state index in [0.717, 1.165) is 31.5 Å². The molecule has 21 heavy (non-hydrogen) atoms. The van der Waals surface area contributed by atoms with Crippen LogP contribution in [-0.2, 0) is 4.79 Å². The Kier molecular flexibility index (Phi) is 5.11. The normalized spacial score (nSPS) is 17.0.